The topological polar surface area (TPSA) is 38.3 Å². The molecule has 0 bridgehead atoms. The molecule has 18 heavy (non-hydrogen) atoms. The van der Waals surface area contributed by atoms with E-state index in [1.54, 1.807) is 0 Å². The van der Waals surface area contributed by atoms with Gasteiger partial charge in [0.05, 0.1) is 12.1 Å². The van der Waals surface area contributed by atoms with Crippen molar-refractivity contribution in [1.82, 2.24) is 5.32 Å². The van der Waals surface area contributed by atoms with Crippen LogP contribution in [0.1, 0.15) is 32.1 Å². The van der Waals surface area contributed by atoms with E-state index in [4.69, 9.17) is 11.6 Å². The van der Waals surface area contributed by atoms with E-state index in [1.165, 1.54) is 0 Å². The maximum absolute atomic E-state index is 11.8. The summed E-state index contributed by atoms with van der Waals surface area (Å²) in [7, 11) is 0. The largest absolute Gasteiger partial charge is 0.411 e. The number of carbonyl (C=O) groups is 1. The van der Waals surface area contributed by atoms with Crippen LogP contribution < -0.4 is 5.32 Å². The molecule has 0 saturated heterocycles. The molecule has 1 amide bonds. The third-order valence-electron chi connectivity index (χ3n) is 2.96. The van der Waals surface area contributed by atoms with E-state index >= 15 is 0 Å². The highest BCUT2D eigenvalue weighted by atomic mass is 35.5. The van der Waals surface area contributed by atoms with Gasteiger partial charge in [0, 0.05) is 12.3 Å². The van der Waals surface area contributed by atoms with E-state index < -0.39 is 12.8 Å². The fraction of sp³-hybridized carbons (Fsp3) is 0.909. The Bertz CT molecular complexity index is 278. The zero-order valence-corrected chi connectivity index (χ0v) is 10.7. The van der Waals surface area contributed by atoms with Crippen molar-refractivity contribution in [2.24, 2.45) is 0 Å². The molecule has 0 aromatic rings. The highest BCUT2D eigenvalue weighted by molar-refractivity contribution is 6.18. The molecule has 1 rings (SSSR count). The first kappa shape index (κ1) is 15.6. The number of rotatable bonds is 6. The number of ether oxygens (including phenoxy) is 1. The Morgan fingerprint density at radius 2 is 1.94 bits per heavy atom. The Morgan fingerprint density at radius 3 is 2.44 bits per heavy atom. The van der Waals surface area contributed by atoms with E-state index in [-0.39, 0.29) is 24.5 Å². The highest BCUT2D eigenvalue weighted by Crippen LogP contribution is 2.30. The molecule has 0 atom stereocenters. The molecule has 0 unspecified atom stereocenters. The summed E-state index contributed by atoms with van der Waals surface area (Å²) in [5, 5.41) is 2.81. The van der Waals surface area contributed by atoms with Crippen LogP contribution in [-0.4, -0.2) is 36.7 Å². The standard InChI is InChI=1S/C11H17ClF3NO2/c12-7-10(4-1-2-5-10)16-9(17)3-6-18-8-11(13,14)15/h1-8H2,(H,16,17). The van der Waals surface area contributed by atoms with Crippen LogP contribution in [0.5, 0.6) is 0 Å². The molecule has 0 radical (unpaired) electrons. The van der Waals surface area contributed by atoms with Crippen molar-refractivity contribution in [1.29, 1.82) is 0 Å². The van der Waals surface area contributed by atoms with Gasteiger partial charge in [-0.05, 0) is 12.8 Å². The number of alkyl halides is 4. The number of nitrogens with one attached hydrogen (secondary N) is 1. The van der Waals surface area contributed by atoms with Crippen molar-refractivity contribution >= 4 is 17.5 Å². The van der Waals surface area contributed by atoms with Gasteiger partial charge in [-0.1, -0.05) is 12.8 Å². The third-order valence-corrected chi connectivity index (χ3v) is 3.47. The molecule has 0 spiro atoms. The Morgan fingerprint density at radius 1 is 1.33 bits per heavy atom. The first-order valence-electron chi connectivity index (χ1n) is 5.88. The van der Waals surface area contributed by atoms with Gasteiger partial charge in [-0.3, -0.25) is 4.79 Å². The number of hydrogen-bond acceptors (Lipinski definition) is 2. The van der Waals surface area contributed by atoms with Gasteiger partial charge in [-0.25, -0.2) is 0 Å². The minimum absolute atomic E-state index is 0.0747. The van der Waals surface area contributed by atoms with Crippen molar-refractivity contribution < 1.29 is 22.7 Å². The molecule has 0 aromatic carbocycles. The fourth-order valence-corrected chi connectivity index (χ4v) is 2.39. The van der Waals surface area contributed by atoms with Crippen molar-refractivity contribution in [2.75, 3.05) is 19.1 Å². The number of carbonyl (C=O) groups excluding carboxylic acids is 1. The Labute approximate surface area is 109 Å². The summed E-state index contributed by atoms with van der Waals surface area (Å²) >= 11 is 5.84. The van der Waals surface area contributed by atoms with Crippen LogP contribution in [0.15, 0.2) is 0 Å². The Kier molecular flexibility index (Phi) is 5.72. The van der Waals surface area contributed by atoms with Crippen LogP contribution in [0.25, 0.3) is 0 Å². The molecule has 1 saturated carbocycles. The molecule has 106 valence electrons. The molecule has 1 aliphatic rings. The fourth-order valence-electron chi connectivity index (χ4n) is 2.05. The average Bonchev–Trinajstić information content (AvgIpc) is 2.72. The van der Waals surface area contributed by atoms with Crippen LogP contribution in [0, 0.1) is 0 Å². The van der Waals surface area contributed by atoms with Gasteiger partial charge in [0.2, 0.25) is 5.91 Å². The second-order valence-corrected chi connectivity index (χ2v) is 4.85. The number of hydrogen-bond donors (Lipinski definition) is 1. The van der Waals surface area contributed by atoms with E-state index in [0.29, 0.717) is 5.88 Å². The minimum atomic E-state index is -4.35. The summed E-state index contributed by atoms with van der Waals surface area (Å²) in [6.45, 7) is -1.55. The first-order valence-corrected chi connectivity index (χ1v) is 6.42. The van der Waals surface area contributed by atoms with Crippen molar-refractivity contribution in [2.45, 2.75) is 43.8 Å². The first-order chi connectivity index (χ1) is 8.37. The lowest BCUT2D eigenvalue weighted by Crippen LogP contribution is -2.48. The third kappa shape index (κ3) is 5.44. The molecule has 0 aliphatic heterocycles. The zero-order valence-electron chi connectivity index (χ0n) is 9.99. The SMILES string of the molecule is O=C(CCOCC(F)(F)F)NC1(CCl)CCCC1. The van der Waals surface area contributed by atoms with E-state index in [0.717, 1.165) is 25.7 Å². The van der Waals surface area contributed by atoms with Gasteiger partial charge in [-0.15, -0.1) is 11.6 Å². The molecule has 1 fully saturated rings. The Hall–Kier alpha value is -0.490. The molecule has 0 aromatic heterocycles. The lowest BCUT2D eigenvalue weighted by atomic mass is 10.0. The van der Waals surface area contributed by atoms with Crippen molar-refractivity contribution in [3.8, 4) is 0 Å². The van der Waals surface area contributed by atoms with Crippen molar-refractivity contribution in [3.05, 3.63) is 0 Å². The smallest absolute Gasteiger partial charge is 0.372 e. The second-order valence-electron chi connectivity index (χ2n) is 4.59. The van der Waals surface area contributed by atoms with E-state index in [9.17, 15) is 18.0 Å². The molecule has 1 N–H and O–H groups in total. The van der Waals surface area contributed by atoms with Gasteiger partial charge >= 0.3 is 6.18 Å². The summed E-state index contributed by atoms with van der Waals surface area (Å²) < 4.78 is 39.7. The zero-order chi connectivity index (χ0) is 13.6. The molecule has 7 heteroatoms. The quantitative estimate of drug-likeness (QED) is 0.602. The lowest BCUT2D eigenvalue weighted by molar-refractivity contribution is -0.174. The van der Waals surface area contributed by atoms with Gasteiger partial charge in [0.25, 0.3) is 0 Å². The van der Waals surface area contributed by atoms with Gasteiger partial charge in [0.1, 0.15) is 6.61 Å². The summed E-state index contributed by atoms with van der Waals surface area (Å²) in [5.41, 5.74) is -0.372. The van der Waals surface area contributed by atoms with Crippen LogP contribution in [-0.2, 0) is 9.53 Å². The average molecular weight is 288 g/mol. The monoisotopic (exact) mass is 287 g/mol. The lowest BCUT2D eigenvalue weighted by Gasteiger charge is -2.27. The molecule has 1 aliphatic carbocycles. The Balaban J connectivity index is 2.21. The highest BCUT2D eigenvalue weighted by Gasteiger charge is 2.34. The van der Waals surface area contributed by atoms with Crippen LogP contribution in [0.2, 0.25) is 0 Å². The maximum atomic E-state index is 11.8. The summed E-state index contributed by atoms with van der Waals surface area (Å²) in [4.78, 5) is 11.6. The molecule has 0 heterocycles. The number of amides is 1. The summed E-state index contributed by atoms with van der Waals surface area (Å²) in [5.74, 6) is 0.0297. The van der Waals surface area contributed by atoms with Gasteiger partial charge < -0.3 is 10.1 Å². The van der Waals surface area contributed by atoms with Gasteiger partial charge in [0.15, 0.2) is 0 Å². The molecular weight excluding hydrogens is 271 g/mol. The predicted octanol–water partition coefficient (Wildman–Crippen LogP) is 2.62. The second kappa shape index (κ2) is 6.61. The summed E-state index contributed by atoms with van der Waals surface area (Å²) in [6, 6.07) is 0. The number of halogens is 4. The van der Waals surface area contributed by atoms with Crippen LogP contribution in [0.3, 0.4) is 0 Å². The van der Waals surface area contributed by atoms with Crippen LogP contribution >= 0.6 is 11.6 Å². The summed E-state index contributed by atoms with van der Waals surface area (Å²) in [6.07, 6.45) is -0.750. The minimum Gasteiger partial charge on any atom is -0.372 e. The molecule has 3 nitrogen and oxygen atoms in total. The molecular formula is C11H17ClF3NO2. The predicted molar refractivity (Wildman–Crippen MR) is 61.6 cm³/mol. The maximum Gasteiger partial charge on any atom is 0.411 e. The van der Waals surface area contributed by atoms with Crippen LogP contribution in [0.4, 0.5) is 13.2 Å². The normalized spacial score (nSPS) is 18.9. The van der Waals surface area contributed by atoms with Gasteiger partial charge in [-0.2, -0.15) is 13.2 Å². The van der Waals surface area contributed by atoms with E-state index in [2.05, 4.69) is 10.1 Å². The van der Waals surface area contributed by atoms with E-state index in [1.807, 2.05) is 0 Å². The van der Waals surface area contributed by atoms with Crippen molar-refractivity contribution in [3.63, 3.8) is 0 Å².